The maximum absolute atomic E-state index is 11.9. The van der Waals surface area contributed by atoms with Crippen molar-refractivity contribution in [2.75, 3.05) is 25.1 Å². The molecule has 0 aromatic carbocycles. The number of halogens is 1. The first-order valence-electron chi connectivity index (χ1n) is 12.7. The molecule has 0 bridgehead atoms. The molecular formula is C22H33ClN5O9P. The highest BCUT2D eigenvalue weighted by molar-refractivity contribution is 7.52. The Morgan fingerprint density at radius 2 is 1.89 bits per heavy atom. The molecule has 0 amide bonds. The van der Waals surface area contributed by atoms with E-state index in [0.717, 1.165) is 38.5 Å². The van der Waals surface area contributed by atoms with Gasteiger partial charge in [0.1, 0.15) is 29.8 Å². The number of aromatic nitrogens is 4. The number of rotatable bonds is 12. The third-order valence-corrected chi connectivity index (χ3v) is 8.67. The molecule has 3 aliphatic rings. The normalized spacial score (nSPS) is 28.3. The standard InChI is InChI=1S/C22H33ClN5O9P/c23-22-26-18(25-12-3-1-2-4-12)13-7-24-28(19(13)27-22)20-17(30)16(29)14(37-20)9-36-21(31)15(38(32,33)34)10-35-8-11-5-6-11/h7,11-12,14-17,20-21,29-31H,1-6,8-10H2,(H,25,26,27)(H2,32,33,34)/t14-,15-,16-,17-,20+,21-/m1/s1. The van der Waals surface area contributed by atoms with E-state index >= 15 is 0 Å². The predicted molar refractivity (Wildman–Crippen MR) is 133 cm³/mol. The molecule has 16 heteroatoms. The topological polar surface area (TPSA) is 202 Å². The third kappa shape index (κ3) is 6.30. The molecule has 212 valence electrons. The van der Waals surface area contributed by atoms with Gasteiger partial charge in [0.15, 0.2) is 18.2 Å². The minimum absolute atomic E-state index is 0.0248. The third-order valence-electron chi connectivity index (χ3n) is 7.23. The molecule has 0 unspecified atom stereocenters. The number of aliphatic hydroxyl groups is 3. The molecule has 38 heavy (non-hydrogen) atoms. The van der Waals surface area contributed by atoms with Crippen LogP contribution < -0.4 is 5.32 Å². The second-order valence-electron chi connectivity index (χ2n) is 10.2. The fraction of sp³-hybridized carbons (Fsp3) is 0.773. The van der Waals surface area contributed by atoms with E-state index in [9.17, 15) is 29.7 Å². The lowest BCUT2D eigenvalue weighted by Gasteiger charge is -2.25. The molecule has 1 saturated heterocycles. The van der Waals surface area contributed by atoms with Gasteiger partial charge in [0.2, 0.25) is 5.28 Å². The van der Waals surface area contributed by atoms with Gasteiger partial charge in [-0.2, -0.15) is 15.1 Å². The number of nitrogens with zero attached hydrogens (tertiary/aromatic N) is 4. The fourth-order valence-corrected chi connectivity index (χ4v) is 5.70. The minimum Gasteiger partial charge on any atom is -0.387 e. The van der Waals surface area contributed by atoms with Gasteiger partial charge in [0.25, 0.3) is 0 Å². The van der Waals surface area contributed by atoms with Crippen LogP contribution in [-0.4, -0.2) is 101 Å². The molecule has 0 radical (unpaired) electrons. The predicted octanol–water partition coefficient (Wildman–Crippen LogP) is 0.761. The largest absolute Gasteiger partial charge is 0.387 e. The number of aliphatic hydroxyl groups excluding tert-OH is 3. The van der Waals surface area contributed by atoms with Gasteiger partial charge in [0.05, 0.1) is 24.8 Å². The number of nitrogens with one attached hydrogen (secondary N) is 1. The zero-order chi connectivity index (χ0) is 27.0. The van der Waals surface area contributed by atoms with Crippen molar-refractivity contribution in [1.82, 2.24) is 19.7 Å². The van der Waals surface area contributed by atoms with Crippen molar-refractivity contribution < 1.29 is 43.9 Å². The van der Waals surface area contributed by atoms with Crippen LogP contribution in [-0.2, 0) is 18.8 Å². The lowest BCUT2D eigenvalue weighted by molar-refractivity contribution is -0.151. The summed E-state index contributed by atoms with van der Waals surface area (Å²) in [6, 6.07) is 0.256. The van der Waals surface area contributed by atoms with Gasteiger partial charge in [-0.25, -0.2) is 4.68 Å². The Bertz CT molecular complexity index is 1160. The molecule has 6 N–H and O–H groups in total. The number of hydrogen-bond acceptors (Lipinski definition) is 11. The Morgan fingerprint density at radius 1 is 1.16 bits per heavy atom. The zero-order valence-electron chi connectivity index (χ0n) is 20.5. The van der Waals surface area contributed by atoms with Crippen molar-refractivity contribution >= 4 is 36.0 Å². The van der Waals surface area contributed by atoms with Crippen LogP contribution in [0.15, 0.2) is 6.20 Å². The maximum atomic E-state index is 11.9. The zero-order valence-corrected chi connectivity index (χ0v) is 22.2. The highest BCUT2D eigenvalue weighted by Gasteiger charge is 2.46. The fourth-order valence-electron chi connectivity index (χ4n) is 4.82. The van der Waals surface area contributed by atoms with Crippen LogP contribution in [0.1, 0.15) is 44.8 Å². The maximum Gasteiger partial charge on any atom is 0.336 e. The molecule has 14 nitrogen and oxygen atoms in total. The second-order valence-corrected chi connectivity index (χ2v) is 12.4. The number of hydrogen-bond donors (Lipinski definition) is 6. The number of anilines is 1. The van der Waals surface area contributed by atoms with E-state index in [2.05, 4.69) is 20.4 Å². The van der Waals surface area contributed by atoms with Crippen LogP contribution in [0.2, 0.25) is 5.28 Å². The van der Waals surface area contributed by atoms with Crippen molar-refractivity contribution in [2.24, 2.45) is 5.92 Å². The van der Waals surface area contributed by atoms with Crippen molar-refractivity contribution in [3.05, 3.63) is 11.5 Å². The van der Waals surface area contributed by atoms with Crippen molar-refractivity contribution in [3.8, 4) is 0 Å². The number of ether oxygens (including phenoxy) is 3. The highest BCUT2D eigenvalue weighted by atomic mass is 35.5. The van der Waals surface area contributed by atoms with E-state index in [1.165, 1.54) is 10.9 Å². The second kappa shape index (κ2) is 11.6. The minimum atomic E-state index is -4.76. The Balaban J connectivity index is 1.25. The summed E-state index contributed by atoms with van der Waals surface area (Å²) in [7, 11) is -4.76. The van der Waals surface area contributed by atoms with E-state index < -0.39 is 57.3 Å². The molecule has 3 fully saturated rings. The van der Waals surface area contributed by atoms with Gasteiger partial charge in [-0.05, 0) is 43.2 Å². The van der Waals surface area contributed by atoms with E-state index in [-0.39, 0.29) is 17.0 Å². The monoisotopic (exact) mass is 577 g/mol. The molecular weight excluding hydrogens is 545 g/mol. The Morgan fingerprint density at radius 3 is 2.58 bits per heavy atom. The molecule has 2 saturated carbocycles. The highest BCUT2D eigenvalue weighted by Crippen LogP contribution is 2.44. The van der Waals surface area contributed by atoms with Gasteiger partial charge in [-0.1, -0.05) is 12.8 Å². The van der Waals surface area contributed by atoms with Gasteiger partial charge >= 0.3 is 7.60 Å². The summed E-state index contributed by atoms with van der Waals surface area (Å²) in [6.07, 6.45) is 0.716. The molecule has 5 rings (SSSR count). The first-order chi connectivity index (χ1) is 18.1. The summed E-state index contributed by atoms with van der Waals surface area (Å²) in [5.41, 5.74) is -1.32. The Kier molecular flexibility index (Phi) is 8.56. The van der Waals surface area contributed by atoms with Gasteiger partial charge in [-0.15, -0.1) is 0 Å². The summed E-state index contributed by atoms with van der Waals surface area (Å²) in [6.45, 7) is -0.498. The molecule has 2 aliphatic carbocycles. The molecule has 2 aromatic rings. The molecule has 6 atom stereocenters. The van der Waals surface area contributed by atoms with Gasteiger partial charge in [-0.3, -0.25) is 4.57 Å². The van der Waals surface area contributed by atoms with Gasteiger partial charge in [0, 0.05) is 12.6 Å². The van der Waals surface area contributed by atoms with Crippen LogP contribution in [0.5, 0.6) is 0 Å². The van der Waals surface area contributed by atoms with Gasteiger partial charge < -0.3 is 44.6 Å². The summed E-state index contributed by atoms with van der Waals surface area (Å²) in [5, 5.41) is 39.9. The SMILES string of the molecule is O=P(O)(O)[C@H](COCC1CC1)[C@H](O)OC[C@H]1O[C@H](n2ncc3c(NC4CCCC4)nc(Cl)nc32)[C@H](O)[C@@H]1O. The molecule has 3 heterocycles. The molecule has 1 aliphatic heterocycles. The molecule has 2 aromatic heterocycles. The summed E-state index contributed by atoms with van der Waals surface area (Å²) < 4.78 is 29.6. The first kappa shape index (κ1) is 28.1. The van der Waals surface area contributed by atoms with Crippen molar-refractivity contribution in [1.29, 1.82) is 0 Å². The van der Waals surface area contributed by atoms with Crippen LogP contribution in [0.4, 0.5) is 5.82 Å². The lowest BCUT2D eigenvalue weighted by atomic mass is 10.1. The number of fused-ring (bicyclic) bond motifs is 1. The summed E-state index contributed by atoms with van der Waals surface area (Å²) in [4.78, 5) is 27.8. The van der Waals surface area contributed by atoms with Crippen molar-refractivity contribution in [2.45, 2.75) is 81.1 Å². The Labute approximate surface area is 223 Å². The summed E-state index contributed by atoms with van der Waals surface area (Å²) >= 11 is 6.17. The lowest BCUT2D eigenvalue weighted by Crippen LogP contribution is -2.38. The van der Waals surface area contributed by atoms with Crippen LogP contribution in [0, 0.1) is 5.92 Å². The van der Waals surface area contributed by atoms with E-state index in [4.69, 9.17) is 25.8 Å². The van der Waals surface area contributed by atoms with Crippen LogP contribution in [0.3, 0.4) is 0 Å². The average Bonchev–Trinajstić information content (AvgIpc) is 3.22. The average molecular weight is 578 g/mol. The summed E-state index contributed by atoms with van der Waals surface area (Å²) in [5.74, 6) is 0.889. The van der Waals surface area contributed by atoms with Crippen molar-refractivity contribution in [3.63, 3.8) is 0 Å². The quantitative estimate of drug-likeness (QED) is 0.117. The Hall–Kier alpha value is -1.45. The first-order valence-corrected chi connectivity index (χ1v) is 14.8. The van der Waals surface area contributed by atoms with Crippen LogP contribution in [0.25, 0.3) is 11.0 Å². The van der Waals surface area contributed by atoms with E-state index in [1.54, 1.807) is 0 Å². The molecule has 0 spiro atoms. The van der Waals surface area contributed by atoms with E-state index in [1.807, 2.05) is 0 Å². The smallest absolute Gasteiger partial charge is 0.336 e. The van der Waals surface area contributed by atoms with Crippen LogP contribution >= 0.6 is 19.2 Å². The van der Waals surface area contributed by atoms with E-state index in [0.29, 0.717) is 23.7 Å².